The lowest BCUT2D eigenvalue weighted by atomic mass is 9.89. The van der Waals surface area contributed by atoms with Crippen LogP contribution in [-0.2, 0) is 9.57 Å². The molecule has 4 N–H and O–H groups in total. The van der Waals surface area contributed by atoms with Crippen molar-refractivity contribution >= 4 is 5.71 Å². The lowest BCUT2D eigenvalue weighted by Gasteiger charge is -2.44. The highest BCUT2D eigenvalue weighted by molar-refractivity contribution is 6.01. The van der Waals surface area contributed by atoms with Crippen molar-refractivity contribution in [3.8, 4) is 0 Å². The minimum atomic E-state index is -1.59. The molecule has 2 heterocycles. The number of ether oxygens (including phenoxy) is 1. The fraction of sp³-hybridized carbons (Fsp3) is 0.533. The summed E-state index contributed by atoms with van der Waals surface area (Å²) in [6, 6.07) is 7.60. The molecule has 1 spiro atoms. The fourth-order valence-electron chi connectivity index (χ4n) is 2.76. The van der Waals surface area contributed by atoms with E-state index in [0.29, 0.717) is 5.71 Å². The topological polar surface area (TPSA) is 112 Å². The first kappa shape index (κ1) is 15.4. The van der Waals surface area contributed by atoms with Gasteiger partial charge in [0.05, 0.1) is 18.7 Å². The Hall–Kier alpha value is -1.51. The quantitative estimate of drug-likeness (QED) is 0.574. The van der Waals surface area contributed by atoms with Crippen molar-refractivity contribution in [2.45, 2.75) is 43.5 Å². The maximum atomic E-state index is 10.2. The third-order valence-corrected chi connectivity index (χ3v) is 4.14. The number of aryl methyl sites for hydroxylation is 1. The summed E-state index contributed by atoms with van der Waals surface area (Å²) < 4.78 is 5.51. The molecule has 5 atom stereocenters. The molecular formula is C15H19NO6. The summed E-state index contributed by atoms with van der Waals surface area (Å²) in [5, 5.41) is 43.1. The van der Waals surface area contributed by atoms with E-state index in [2.05, 4.69) is 5.16 Å². The highest BCUT2D eigenvalue weighted by atomic mass is 16.8. The van der Waals surface area contributed by atoms with Crippen LogP contribution in [0.5, 0.6) is 0 Å². The minimum absolute atomic E-state index is 0.109. The number of aliphatic hydroxyl groups is 4. The molecule has 2 aliphatic rings. The summed E-state index contributed by atoms with van der Waals surface area (Å²) in [7, 11) is 0. The van der Waals surface area contributed by atoms with Gasteiger partial charge in [-0.2, -0.15) is 0 Å². The standard InChI is InChI=1S/C15H19NO6/c1-8-2-4-9(5-3-8)10-6-15(22-16-10)14(20)13(19)12(18)11(7-17)21-15/h2-5,11-14,17-20H,6-7H2,1H3/t11-,12-,13+,14-,15-/m1/s1. The molecule has 1 aromatic carbocycles. The summed E-state index contributed by atoms with van der Waals surface area (Å²) in [6.07, 6.45) is -5.29. The number of aliphatic hydroxyl groups excluding tert-OH is 4. The van der Waals surface area contributed by atoms with E-state index in [1.165, 1.54) is 0 Å². The van der Waals surface area contributed by atoms with Crippen LogP contribution in [0.15, 0.2) is 29.4 Å². The van der Waals surface area contributed by atoms with Gasteiger partial charge in [-0.15, -0.1) is 0 Å². The van der Waals surface area contributed by atoms with Gasteiger partial charge in [0.2, 0.25) is 0 Å². The lowest BCUT2D eigenvalue weighted by Crippen LogP contribution is -2.65. The van der Waals surface area contributed by atoms with Gasteiger partial charge in [0, 0.05) is 0 Å². The molecule has 0 aliphatic carbocycles. The molecule has 0 bridgehead atoms. The average molecular weight is 309 g/mol. The summed E-state index contributed by atoms with van der Waals surface area (Å²) in [5.41, 5.74) is 2.49. The molecule has 1 saturated heterocycles. The summed E-state index contributed by atoms with van der Waals surface area (Å²) in [5.74, 6) is -1.59. The molecule has 120 valence electrons. The molecule has 1 aromatic rings. The Morgan fingerprint density at radius 3 is 2.50 bits per heavy atom. The van der Waals surface area contributed by atoms with Gasteiger partial charge in [-0.1, -0.05) is 35.0 Å². The highest BCUT2D eigenvalue weighted by Crippen LogP contribution is 2.38. The average Bonchev–Trinajstić information content (AvgIpc) is 2.95. The zero-order chi connectivity index (χ0) is 15.9. The Morgan fingerprint density at radius 1 is 1.18 bits per heavy atom. The summed E-state index contributed by atoms with van der Waals surface area (Å²) in [6.45, 7) is 1.46. The van der Waals surface area contributed by atoms with E-state index in [9.17, 15) is 20.4 Å². The van der Waals surface area contributed by atoms with E-state index in [1.54, 1.807) is 0 Å². The molecule has 0 aromatic heterocycles. The van der Waals surface area contributed by atoms with Crippen LogP contribution in [0.1, 0.15) is 17.5 Å². The van der Waals surface area contributed by atoms with E-state index >= 15 is 0 Å². The van der Waals surface area contributed by atoms with Gasteiger partial charge in [-0.25, -0.2) is 0 Å². The van der Waals surface area contributed by atoms with Gasteiger partial charge in [0.25, 0.3) is 5.79 Å². The van der Waals surface area contributed by atoms with Crippen molar-refractivity contribution in [2.24, 2.45) is 5.16 Å². The van der Waals surface area contributed by atoms with Crippen LogP contribution < -0.4 is 0 Å². The zero-order valence-corrected chi connectivity index (χ0v) is 12.1. The molecule has 7 nitrogen and oxygen atoms in total. The van der Waals surface area contributed by atoms with Crippen LogP contribution >= 0.6 is 0 Å². The SMILES string of the molecule is Cc1ccc(C2=NO[C@@]3(C2)O[C@H](CO)[C@@H](O)[C@H](O)[C@H]3O)cc1. The zero-order valence-electron chi connectivity index (χ0n) is 12.1. The smallest absolute Gasteiger partial charge is 0.271 e. The molecule has 0 saturated carbocycles. The second kappa shape index (κ2) is 5.60. The van der Waals surface area contributed by atoms with E-state index in [-0.39, 0.29) is 6.42 Å². The van der Waals surface area contributed by atoms with Gasteiger partial charge >= 0.3 is 0 Å². The van der Waals surface area contributed by atoms with Crippen LogP contribution in [0, 0.1) is 6.92 Å². The van der Waals surface area contributed by atoms with Crippen molar-refractivity contribution in [3.05, 3.63) is 35.4 Å². The number of nitrogens with zero attached hydrogens (tertiary/aromatic N) is 1. The molecule has 0 unspecified atom stereocenters. The number of rotatable bonds is 2. The molecule has 1 fully saturated rings. The molecule has 2 aliphatic heterocycles. The van der Waals surface area contributed by atoms with Gasteiger partial charge < -0.3 is 30.0 Å². The Labute approximate surface area is 127 Å². The molecule has 22 heavy (non-hydrogen) atoms. The van der Waals surface area contributed by atoms with Gasteiger partial charge in [0.15, 0.2) is 6.10 Å². The van der Waals surface area contributed by atoms with Crippen LogP contribution in [0.3, 0.4) is 0 Å². The van der Waals surface area contributed by atoms with E-state index in [4.69, 9.17) is 9.57 Å². The predicted octanol–water partition coefficient (Wildman–Crippen LogP) is -0.710. The van der Waals surface area contributed by atoms with Crippen molar-refractivity contribution in [2.75, 3.05) is 6.61 Å². The molecule has 0 radical (unpaired) electrons. The van der Waals surface area contributed by atoms with E-state index in [1.807, 2.05) is 31.2 Å². The third-order valence-electron chi connectivity index (χ3n) is 4.14. The van der Waals surface area contributed by atoms with Crippen LogP contribution in [0.4, 0.5) is 0 Å². The second-order valence-corrected chi connectivity index (χ2v) is 5.75. The van der Waals surface area contributed by atoms with Crippen LogP contribution in [0.25, 0.3) is 0 Å². The summed E-state index contributed by atoms with van der Waals surface area (Å²) >= 11 is 0. The molecule has 3 rings (SSSR count). The minimum Gasteiger partial charge on any atom is -0.394 e. The number of hydrogen-bond donors (Lipinski definition) is 4. The lowest BCUT2D eigenvalue weighted by molar-refractivity contribution is -0.355. The molecular weight excluding hydrogens is 290 g/mol. The Morgan fingerprint density at radius 2 is 1.86 bits per heavy atom. The second-order valence-electron chi connectivity index (χ2n) is 5.75. The molecule has 7 heteroatoms. The van der Waals surface area contributed by atoms with Gasteiger partial charge in [-0.3, -0.25) is 0 Å². The van der Waals surface area contributed by atoms with Crippen LogP contribution in [-0.4, -0.2) is 62.9 Å². The Kier molecular flexibility index (Phi) is 3.92. The van der Waals surface area contributed by atoms with Crippen molar-refractivity contribution < 1.29 is 30.0 Å². The van der Waals surface area contributed by atoms with Gasteiger partial charge in [0.1, 0.15) is 18.3 Å². The number of oxime groups is 1. The fourth-order valence-corrected chi connectivity index (χ4v) is 2.76. The first-order chi connectivity index (χ1) is 10.5. The Balaban J connectivity index is 1.83. The van der Waals surface area contributed by atoms with Crippen molar-refractivity contribution in [1.82, 2.24) is 0 Å². The van der Waals surface area contributed by atoms with E-state index < -0.39 is 36.8 Å². The number of benzene rings is 1. The summed E-state index contributed by atoms with van der Waals surface area (Å²) in [4.78, 5) is 5.28. The predicted molar refractivity (Wildman–Crippen MR) is 76.1 cm³/mol. The number of hydrogen-bond acceptors (Lipinski definition) is 7. The Bertz CT molecular complexity index is 572. The normalized spacial score (nSPS) is 38.0. The maximum Gasteiger partial charge on any atom is 0.271 e. The third kappa shape index (κ3) is 2.41. The first-order valence-electron chi connectivity index (χ1n) is 7.12. The first-order valence-corrected chi connectivity index (χ1v) is 7.12. The largest absolute Gasteiger partial charge is 0.394 e. The van der Waals surface area contributed by atoms with Crippen molar-refractivity contribution in [1.29, 1.82) is 0 Å². The van der Waals surface area contributed by atoms with E-state index in [0.717, 1.165) is 11.1 Å². The maximum absolute atomic E-state index is 10.2. The van der Waals surface area contributed by atoms with Crippen LogP contribution in [0.2, 0.25) is 0 Å². The van der Waals surface area contributed by atoms with Crippen molar-refractivity contribution in [3.63, 3.8) is 0 Å². The highest BCUT2D eigenvalue weighted by Gasteiger charge is 2.58. The monoisotopic (exact) mass is 309 g/mol. The molecule has 0 amide bonds. The van der Waals surface area contributed by atoms with Gasteiger partial charge in [-0.05, 0) is 12.5 Å².